The quantitative estimate of drug-likeness (QED) is 0.0798. The number of sulfonamides is 1. The number of nitrogens with one attached hydrogen (secondary N) is 3. The highest BCUT2D eigenvalue weighted by molar-refractivity contribution is 7.92. The van der Waals surface area contributed by atoms with Crippen molar-refractivity contribution < 1.29 is 23.0 Å². The van der Waals surface area contributed by atoms with E-state index in [4.69, 9.17) is 11.5 Å². The fraction of sp³-hybridized carbons (Fsp3) is 0.250. The molecule has 0 bridgehead atoms. The van der Waals surface area contributed by atoms with E-state index in [2.05, 4.69) is 20.5 Å². The van der Waals surface area contributed by atoms with Gasteiger partial charge in [-0.05, 0) is 41.7 Å². The third-order valence-electron chi connectivity index (χ3n) is 6.23. The van der Waals surface area contributed by atoms with Crippen molar-refractivity contribution in [1.29, 1.82) is 0 Å². The Balaban J connectivity index is 1.79. The van der Waals surface area contributed by atoms with Crippen LogP contribution < -0.4 is 26.8 Å². The maximum Gasteiger partial charge on any atom is 0.242 e. The summed E-state index contributed by atoms with van der Waals surface area (Å²) in [7, 11) is -3.44. The average Bonchev–Trinajstić information content (AvgIpc) is 2.94. The molecule has 0 aromatic heterocycles. The van der Waals surface area contributed by atoms with Crippen molar-refractivity contribution in [3.05, 3.63) is 112 Å². The summed E-state index contributed by atoms with van der Waals surface area (Å²) in [6.45, 7) is 0.0854. The van der Waals surface area contributed by atoms with Gasteiger partial charge >= 0.3 is 0 Å². The molecule has 222 valence electrons. The molecule has 0 heterocycles. The van der Waals surface area contributed by atoms with Gasteiger partial charge in [-0.15, -0.1) is 0 Å². The molecule has 42 heavy (non-hydrogen) atoms. The molecule has 0 fully saturated rings. The van der Waals surface area contributed by atoms with Crippen molar-refractivity contribution in [2.75, 3.05) is 11.0 Å². The number of anilines is 1. The van der Waals surface area contributed by atoms with Gasteiger partial charge in [0.25, 0.3) is 0 Å². The molecule has 3 aromatic rings. The van der Waals surface area contributed by atoms with Crippen LogP contribution in [-0.4, -0.2) is 49.4 Å². The number of nitrogens with zero attached hydrogens (tertiary/aromatic N) is 2. The first-order valence-corrected chi connectivity index (χ1v) is 14.8. The summed E-state index contributed by atoms with van der Waals surface area (Å²) < 4.78 is 25.2. The number of amides is 2. The number of hydrogen-bond donors (Lipinski definition) is 5. The molecule has 13 nitrogen and oxygen atoms in total. The van der Waals surface area contributed by atoms with Gasteiger partial charge in [0.2, 0.25) is 21.8 Å². The highest BCUT2D eigenvalue weighted by Crippen LogP contribution is 2.25. The standard InChI is InChI=1S/C28H33N7O6S/c1-42(40,41)34-22-14-12-19(13-15-22)18-31-27(36)24(17-16-23(29)26(30)33-35(38)39)32-28(37)25(20-8-4-2-5-9-20)21-10-6-3-7-11-21/h2-15,23-25,34H,16-18,29H2,1H3,(H2,30,33)(H,31,36)(H,32,37). The van der Waals surface area contributed by atoms with Crippen LogP contribution in [0.15, 0.2) is 90.0 Å². The van der Waals surface area contributed by atoms with Crippen molar-refractivity contribution in [3.63, 3.8) is 0 Å². The van der Waals surface area contributed by atoms with E-state index in [0.717, 1.165) is 17.4 Å². The number of benzene rings is 3. The minimum atomic E-state index is -3.44. The van der Waals surface area contributed by atoms with E-state index in [1.54, 1.807) is 24.3 Å². The number of amidine groups is 1. The predicted molar refractivity (Wildman–Crippen MR) is 159 cm³/mol. The normalized spacial score (nSPS) is 13.2. The first-order valence-electron chi connectivity index (χ1n) is 12.9. The number of hydrogen-bond acceptors (Lipinski definition) is 7. The van der Waals surface area contributed by atoms with Gasteiger partial charge in [0, 0.05) is 12.2 Å². The number of hydrazone groups is 1. The molecule has 3 aromatic carbocycles. The minimum Gasteiger partial charge on any atom is -0.381 e. The first-order chi connectivity index (χ1) is 19.9. The Morgan fingerprint density at radius 3 is 1.95 bits per heavy atom. The van der Waals surface area contributed by atoms with Crippen molar-refractivity contribution in [3.8, 4) is 0 Å². The van der Waals surface area contributed by atoms with E-state index in [-0.39, 0.29) is 19.4 Å². The van der Waals surface area contributed by atoms with Crippen LogP contribution in [0.5, 0.6) is 0 Å². The van der Waals surface area contributed by atoms with Crippen molar-refractivity contribution in [2.45, 2.75) is 37.4 Å². The molecule has 7 N–H and O–H groups in total. The Hall–Kier alpha value is -4.82. The zero-order chi connectivity index (χ0) is 30.7. The van der Waals surface area contributed by atoms with Gasteiger partial charge in [0.15, 0.2) is 10.9 Å². The minimum absolute atomic E-state index is 0.0141. The Kier molecular flexibility index (Phi) is 11.1. The predicted octanol–water partition coefficient (Wildman–Crippen LogP) is 1.65. The summed E-state index contributed by atoms with van der Waals surface area (Å²) in [6.07, 6.45) is 1.08. The Labute approximate surface area is 243 Å². The molecule has 0 aliphatic heterocycles. The second-order valence-corrected chi connectivity index (χ2v) is 11.3. The summed E-state index contributed by atoms with van der Waals surface area (Å²) in [6, 6.07) is 22.5. The lowest BCUT2D eigenvalue weighted by atomic mass is 9.90. The number of nitro groups is 1. The highest BCUT2D eigenvalue weighted by atomic mass is 32.2. The number of carbonyl (C=O) groups excluding carboxylic acids is 2. The van der Waals surface area contributed by atoms with Crippen molar-refractivity contribution in [1.82, 2.24) is 10.6 Å². The molecular weight excluding hydrogens is 562 g/mol. The maximum absolute atomic E-state index is 13.7. The monoisotopic (exact) mass is 595 g/mol. The van der Waals surface area contributed by atoms with Gasteiger partial charge in [-0.2, -0.15) is 0 Å². The molecule has 2 atom stereocenters. The number of rotatable bonds is 14. The molecule has 2 amide bonds. The molecular formula is C28H33N7O6S. The second-order valence-electron chi connectivity index (χ2n) is 9.55. The molecule has 0 saturated carbocycles. The van der Waals surface area contributed by atoms with Crippen LogP contribution in [-0.2, 0) is 26.2 Å². The topological polar surface area (TPSA) is 212 Å². The van der Waals surface area contributed by atoms with Crippen LogP contribution in [0.1, 0.15) is 35.4 Å². The SMILES string of the molecule is CS(=O)(=O)Nc1ccc(CNC(=O)C(CCC(N)/C(N)=N\[N+](=O)[O-])NC(=O)C(c2ccccc2)c2ccccc2)cc1. The van der Waals surface area contributed by atoms with Gasteiger partial charge in [-0.25, -0.2) is 18.5 Å². The van der Waals surface area contributed by atoms with Crippen LogP contribution in [0.3, 0.4) is 0 Å². The van der Waals surface area contributed by atoms with Crippen LogP contribution in [0, 0.1) is 10.1 Å². The van der Waals surface area contributed by atoms with Crippen LogP contribution in [0.2, 0.25) is 0 Å². The zero-order valence-corrected chi connectivity index (χ0v) is 23.7. The molecule has 0 spiro atoms. The Bertz CT molecular complexity index is 1460. The average molecular weight is 596 g/mol. The van der Waals surface area contributed by atoms with Crippen LogP contribution in [0.4, 0.5) is 5.69 Å². The van der Waals surface area contributed by atoms with Crippen molar-refractivity contribution >= 4 is 33.4 Å². The number of carbonyl (C=O) groups is 2. The van der Waals surface area contributed by atoms with Gasteiger partial charge in [0.1, 0.15) is 6.04 Å². The molecule has 0 saturated heterocycles. The smallest absolute Gasteiger partial charge is 0.242 e. The third kappa shape index (κ3) is 9.98. The van der Waals surface area contributed by atoms with Gasteiger partial charge in [-0.3, -0.25) is 14.3 Å². The van der Waals surface area contributed by atoms with E-state index < -0.39 is 50.7 Å². The highest BCUT2D eigenvalue weighted by Gasteiger charge is 2.28. The molecule has 0 aliphatic rings. The van der Waals surface area contributed by atoms with E-state index in [9.17, 15) is 28.1 Å². The van der Waals surface area contributed by atoms with E-state index in [0.29, 0.717) is 11.3 Å². The lowest BCUT2D eigenvalue weighted by molar-refractivity contribution is -0.485. The van der Waals surface area contributed by atoms with Crippen LogP contribution >= 0.6 is 0 Å². The van der Waals surface area contributed by atoms with Gasteiger partial charge < -0.3 is 22.1 Å². The molecule has 14 heteroatoms. The molecule has 0 radical (unpaired) electrons. The fourth-order valence-electron chi connectivity index (χ4n) is 4.19. The van der Waals surface area contributed by atoms with Gasteiger partial charge in [-0.1, -0.05) is 72.8 Å². The zero-order valence-electron chi connectivity index (χ0n) is 22.8. The Morgan fingerprint density at radius 1 is 0.905 bits per heavy atom. The third-order valence-corrected chi connectivity index (χ3v) is 6.83. The van der Waals surface area contributed by atoms with E-state index in [1.165, 1.54) is 0 Å². The lowest BCUT2D eigenvalue weighted by Gasteiger charge is -2.24. The van der Waals surface area contributed by atoms with Crippen LogP contribution in [0.25, 0.3) is 0 Å². The maximum atomic E-state index is 13.7. The molecule has 0 aliphatic carbocycles. The van der Waals surface area contributed by atoms with E-state index in [1.807, 2.05) is 60.7 Å². The second kappa shape index (κ2) is 14.7. The molecule has 2 unspecified atom stereocenters. The Morgan fingerprint density at radius 2 is 1.45 bits per heavy atom. The molecule has 3 rings (SSSR count). The summed E-state index contributed by atoms with van der Waals surface area (Å²) in [5.74, 6) is -2.06. The summed E-state index contributed by atoms with van der Waals surface area (Å²) in [5.41, 5.74) is 14.1. The largest absolute Gasteiger partial charge is 0.381 e. The van der Waals surface area contributed by atoms with Gasteiger partial charge in [0.05, 0.1) is 23.3 Å². The fourth-order valence-corrected chi connectivity index (χ4v) is 4.75. The summed E-state index contributed by atoms with van der Waals surface area (Å²) in [4.78, 5) is 37.7. The lowest BCUT2D eigenvalue weighted by Crippen LogP contribution is -2.49. The van der Waals surface area contributed by atoms with Crippen molar-refractivity contribution in [2.24, 2.45) is 16.6 Å². The van der Waals surface area contributed by atoms with E-state index >= 15 is 0 Å². The number of nitrogens with two attached hydrogens (primary N) is 2. The summed E-state index contributed by atoms with van der Waals surface area (Å²) in [5, 5.41) is 18.4. The first kappa shape index (κ1) is 31.7. The summed E-state index contributed by atoms with van der Waals surface area (Å²) >= 11 is 0.